The maximum atomic E-state index is 12.3. The smallest absolute Gasteiger partial charge is 0.248 e. The van der Waals surface area contributed by atoms with Crippen LogP contribution in [0.15, 0.2) is 42.7 Å². The van der Waals surface area contributed by atoms with Gasteiger partial charge in [-0.1, -0.05) is 13.0 Å². The normalized spacial score (nSPS) is 16.6. The Bertz CT molecular complexity index is 740. The van der Waals surface area contributed by atoms with Gasteiger partial charge in [0.05, 0.1) is 0 Å². The highest BCUT2D eigenvalue weighted by atomic mass is 16.2. The summed E-state index contributed by atoms with van der Waals surface area (Å²) in [5.74, 6) is 0.179. The molecule has 0 saturated carbocycles. The first-order valence-electron chi connectivity index (χ1n) is 8.46. The number of carbonyl (C=O) groups is 2. The molecule has 2 aromatic rings. The molecule has 0 aliphatic carbocycles. The summed E-state index contributed by atoms with van der Waals surface area (Å²) >= 11 is 0. The topological polar surface area (TPSA) is 88.1 Å². The Morgan fingerprint density at radius 3 is 2.40 bits per heavy atom. The molecule has 7 heteroatoms. The van der Waals surface area contributed by atoms with Crippen molar-refractivity contribution >= 4 is 23.2 Å². The van der Waals surface area contributed by atoms with Crippen LogP contribution in [0.4, 0.5) is 11.4 Å². The molecule has 1 aliphatic heterocycles. The quantitative estimate of drug-likeness (QED) is 0.748. The van der Waals surface area contributed by atoms with E-state index in [1.807, 2.05) is 13.0 Å². The summed E-state index contributed by atoms with van der Waals surface area (Å²) in [4.78, 5) is 24.6. The summed E-state index contributed by atoms with van der Waals surface area (Å²) in [5, 5.41) is 13.0. The highest BCUT2D eigenvalue weighted by molar-refractivity contribution is 5.96. The van der Waals surface area contributed by atoms with Crippen molar-refractivity contribution in [1.29, 1.82) is 0 Å². The summed E-state index contributed by atoms with van der Waals surface area (Å²) in [7, 11) is 0. The molecule has 2 unspecified atom stereocenters. The SMILES string of the molecule is CC(C(=O)Nc1cccc(NC(=O)C(C)n2cccn2)c1)C1CNC1. The molecule has 2 amide bonds. The molecule has 0 bridgehead atoms. The molecular weight excluding hydrogens is 318 g/mol. The summed E-state index contributed by atoms with van der Waals surface area (Å²) in [6.07, 6.45) is 3.39. The van der Waals surface area contributed by atoms with Crippen LogP contribution in [0.25, 0.3) is 0 Å². The Balaban J connectivity index is 1.61. The molecule has 3 N–H and O–H groups in total. The minimum Gasteiger partial charge on any atom is -0.326 e. The molecule has 7 nitrogen and oxygen atoms in total. The van der Waals surface area contributed by atoms with Crippen LogP contribution in [-0.4, -0.2) is 34.7 Å². The third kappa shape index (κ3) is 4.06. The van der Waals surface area contributed by atoms with Crippen LogP contribution in [-0.2, 0) is 9.59 Å². The van der Waals surface area contributed by atoms with Crippen LogP contribution in [0.1, 0.15) is 19.9 Å². The van der Waals surface area contributed by atoms with E-state index in [0.717, 1.165) is 13.1 Å². The van der Waals surface area contributed by atoms with Gasteiger partial charge in [0.1, 0.15) is 6.04 Å². The number of anilines is 2. The van der Waals surface area contributed by atoms with Gasteiger partial charge in [0, 0.05) is 29.7 Å². The van der Waals surface area contributed by atoms with E-state index in [1.54, 1.807) is 48.3 Å². The van der Waals surface area contributed by atoms with E-state index in [-0.39, 0.29) is 17.7 Å². The largest absolute Gasteiger partial charge is 0.326 e. The Hall–Kier alpha value is -2.67. The van der Waals surface area contributed by atoms with Gasteiger partial charge >= 0.3 is 0 Å². The average Bonchev–Trinajstić information content (AvgIpc) is 3.07. The number of hydrogen-bond donors (Lipinski definition) is 3. The molecule has 1 aliphatic rings. The molecule has 1 fully saturated rings. The van der Waals surface area contributed by atoms with Gasteiger partial charge in [0.25, 0.3) is 0 Å². The van der Waals surface area contributed by atoms with Crippen LogP contribution in [0.2, 0.25) is 0 Å². The number of aromatic nitrogens is 2. The van der Waals surface area contributed by atoms with E-state index in [9.17, 15) is 9.59 Å². The molecule has 1 saturated heterocycles. The Labute approximate surface area is 146 Å². The lowest BCUT2D eigenvalue weighted by atomic mass is 9.88. The molecule has 0 spiro atoms. The van der Waals surface area contributed by atoms with Crippen LogP contribution in [0.3, 0.4) is 0 Å². The number of amides is 2. The van der Waals surface area contributed by atoms with Gasteiger partial charge in [-0.3, -0.25) is 14.3 Å². The van der Waals surface area contributed by atoms with E-state index < -0.39 is 6.04 Å². The van der Waals surface area contributed by atoms with Crippen molar-refractivity contribution < 1.29 is 9.59 Å². The Kier molecular flexibility index (Phi) is 5.14. The first kappa shape index (κ1) is 17.2. The maximum Gasteiger partial charge on any atom is 0.248 e. The zero-order valence-corrected chi connectivity index (χ0v) is 14.4. The molecule has 1 aromatic carbocycles. The Morgan fingerprint density at radius 2 is 1.84 bits per heavy atom. The first-order chi connectivity index (χ1) is 12.0. The van der Waals surface area contributed by atoms with Crippen LogP contribution in [0, 0.1) is 11.8 Å². The van der Waals surface area contributed by atoms with E-state index in [4.69, 9.17) is 0 Å². The predicted molar refractivity (Wildman–Crippen MR) is 96.2 cm³/mol. The van der Waals surface area contributed by atoms with E-state index >= 15 is 0 Å². The minimum absolute atomic E-state index is 0.000106. The zero-order valence-electron chi connectivity index (χ0n) is 14.4. The van der Waals surface area contributed by atoms with Crippen molar-refractivity contribution in [3.05, 3.63) is 42.7 Å². The molecular formula is C18H23N5O2. The number of nitrogens with one attached hydrogen (secondary N) is 3. The third-order valence-electron chi connectivity index (χ3n) is 4.63. The zero-order chi connectivity index (χ0) is 17.8. The van der Waals surface area contributed by atoms with Crippen molar-refractivity contribution in [2.45, 2.75) is 19.9 Å². The molecule has 0 radical (unpaired) electrons. The fourth-order valence-corrected chi connectivity index (χ4v) is 2.69. The second-order valence-corrected chi connectivity index (χ2v) is 6.43. The minimum atomic E-state index is -0.417. The molecule has 1 aromatic heterocycles. The fraction of sp³-hybridized carbons (Fsp3) is 0.389. The summed E-state index contributed by atoms with van der Waals surface area (Å²) < 4.78 is 1.59. The van der Waals surface area contributed by atoms with Crippen molar-refractivity contribution in [2.24, 2.45) is 11.8 Å². The van der Waals surface area contributed by atoms with Crippen LogP contribution in [0.5, 0.6) is 0 Å². The summed E-state index contributed by atoms with van der Waals surface area (Å²) in [6.45, 7) is 5.49. The Morgan fingerprint density at radius 1 is 1.16 bits per heavy atom. The summed E-state index contributed by atoms with van der Waals surface area (Å²) in [6, 6.07) is 8.54. The number of rotatable bonds is 6. The van der Waals surface area contributed by atoms with Gasteiger partial charge in [-0.05, 0) is 50.2 Å². The predicted octanol–water partition coefficient (Wildman–Crippen LogP) is 1.88. The standard InChI is InChI=1S/C18H23N5O2/c1-12(14-10-19-11-14)17(24)21-15-5-3-6-16(9-15)22-18(25)13(2)23-8-4-7-20-23/h3-9,12-14,19H,10-11H2,1-2H3,(H,21,24)(H,22,25). The molecule has 3 rings (SSSR count). The van der Waals surface area contributed by atoms with E-state index in [1.165, 1.54) is 0 Å². The van der Waals surface area contributed by atoms with Crippen molar-refractivity contribution in [3.8, 4) is 0 Å². The van der Waals surface area contributed by atoms with Crippen LogP contribution >= 0.6 is 0 Å². The van der Waals surface area contributed by atoms with Gasteiger partial charge in [-0.15, -0.1) is 0 Å². The molecule has 2 heterocycles. The lowest BCUT2D eigenvalue weighted by Gasteiger charge is -2.31. The first-order valence-corrected chi connectivity index (χ1v) is 8.46. The van der Waals surface area contributed by atoms with Gasteiger partial charge in [0.2, 0.25) is 11.8 Å². The van der Waals surface area contributed by atoms with Gasteiger partial charge in [-0.2, -0.15) is 5.10 Å². The second kappa shape index (κ2) is 7.48. The van der Waals surface area contributed by atoms with E-state index in [2.05, 4.69) is 21.0 Å². The molecule has 132 valence electrons. The fourth-order valence-electron chi connectivity index (χ4n) is 2.69. The van der Waals surface area contributed by atoms with Crippen molar-refractivity contribution in [2.75, 3.05) is 23.7 Å². The lowest BCUT2D eigenvalue weighted by Crippen LogP contribution is -2.48. The van der Waals surface area contributed by atoms with Gasteiger partial charge in [0.15, 0.2) is 0 Å². The second-order valence-electron chi connectivity index (χ2n) is 6.43. The number of nitrogens with zero attached hydrogens (tertiary/aromatic N) is 2. The molecule has 2 atom stereocenters. The van der Waals surface area contributed by atoms with Crippen LogP contribution < -0.4 is 16.0 Å². The van der Waals surface area contributed by atoms with Crippen molar-refractivity contribution in [3.63, 3.8) is 0 Å². The van der Waals surface area contributed by atoms with E-state index in [0.29, 0.717) is 17.3 Å². The van der Waals surface area contributed by atoms with Crippen molar-refractivity contribution in [1.82, 2.24) is 15.1 Å². The highest BCUT2D eigenvalue weighted by Gasteiger charge is 2.28. The monoisotopic (exact) mass is 341 g/mol. The average molecular weight is 341 g/mol. The van der Waals surface area contributed by atoms with Gasteiger partial charge in [-0.25, -0.2) is 0 Å². The third-order valence-corrected chi connectivity index (χ3v) is 4.63. The lowest BCUT2D eigenvalue weighted by molar-refractivity contribution is -0.121. The summed E-state index contributed by atoms with van der Waals surface area (Å²) in [5.41, 5.74) is 1.31. The molecule has 25 heavy (non-hydrogen) atoms. The number of carbonyl (C=O) groups excluding carboxylic acids is 2. The maximum absolute atomic E-state index is 12.3. The van der Waals surface area contributed by atoms with Gasteiger partial charge < -0.3 is 16.0 Å². The number of hydrogen-bond acceptors (Lipinski definition) is 4. The highest BCUT2D eigenvalue weighted by Crippen LogP contribution is 2.21. The number of benzene rings is 1.